The Balaban J connectivity index is 1.94. The van der Waals surface area contributed by atoms with E-state index in [1.807, 2.05) is 0 Å². The summed E-state index contributed by atoms with van der Waals surface area (Å²) in [6.07, 6.45) is 0. The summed E-state index contributed by atoms with van der Waals surface area (Å²) in [6.45, 7) is 5.00. The third kappa shape index (κ3) is 4.35. The van der Waals surface area contributed by atoms with E-state index in [-0.39, 0.29) is 27.8 Å². The average Bonchev–Trinajstić information content (AvgIpc) is 3.37. The predicted molar refractivity (Wildman–Crippen MR) is 132 cm³/mol. The van der Waals surface area contributed by atoms with E-state index >= 15 is 0 Å². The number of halogens is 1. The van der Waals surface area contributed by atoms with Gasteiger partial charge < -0.3 is 14.6 Å². The molecule has 186 valence electrons. The fraction of sp³-hybridized carbons (Fsp3) is 0.231. The Morgan fingerprint density at radius 1 is 1.19 bits per heavy atom. The number of anilines is 1. The number of aliphatic hydroxyl groups excluding tert-OH is 1. The number of methoxy groups -OCH3 is 1. The molecule has 1 aliphatic rings. The maximum absolute atomic E-state index is 14.3. The van der Waals surface area contributed by atoms with Gasteiger partial charge in [-0.05, 0) is 50.1 Å². The number of rotatable bonds is 6. The minimum Gasteiger partial charge on any atom is -0.507 e. The van der Waals surface area contributed by atoms with Gasteiger partial charge in [0.05, 0.1) is 31.0 Å². The van der Waals surface area contributed by atoms with Crippen LogP contribution in [0.15, 0.2) is 48.0 Å². The first-order chi connectivity index (χ1) is 17.2. The highest BCUT2D eigenvalue weighted by Crippen LogP contribution is 2.44. The number of aryl methyl sites for hydroxylation is 2. The van der Waals surface area contributed by atoms with Gasteiger partial charge in [-0.3, -0.25) is 14.5 Å². The van der Waals surface area contributed by atoms with Gasteiger partial charge in [0.25, 0.3) is 5.78 Å². The largest absolute Gasteiger partial charge is 0.507 e. The third-order valence-electron chi connectivity index (χ3n) is 5.75. The number of ether oxygens (including phenoxy) is 2. The summed E-state index contributed by atoms with van der Waals surface area (Å²) < 4.78 is 24.7. The first-order valence-electron chi connectivity index (χ1n) is 11.0. The zero-order valence-electron chi connectivity index (χ0n) is 20.0. The van der Waals surface area contributed by atoms with Gasteiger partial charge in [-0.15, -0.1) is 0 Å². The Labute approximate surface area is 210 Å². The van der Waals surface area contributed by atoms with Crippen LogP contribution in [0, 0.1) is 19.7 Å². The summed E-state index contributed by atoms with van der Waals surface area (Å²) in [4.78, 5) is 44.6. The maximum atomic E-state index is 14.3. The van der Waals surface area contributed by atoms with Gasteiger partial charge in [0.15, 0.2) is 5.13 Å². The summed E-state index contributed by atoms with van der Waals surface area (Å²) >= 11 is 0.905. The fourth-order valence-electron chi connectivity index (χ4n) is 3.92. The van der Waals surface area contributed by atoms with Gasteiger partial charge in [0.2, 0.25) is 0 Å². The second kappa shape index (κ2) is 9.90. The van der Waals surface area contributed by atoms with Crippen LogP contribution in [0.3, 0.4) is 0 Å². The van der Waals surface area contributed by atoms with E-state index in [1.54, 1.807) is 45.0 Å². The summed E-state index contributed by atoms with van der Waals surface area (Å²) in [5.41, 5.74) is 0.961. The van der Waals surface area contributed by atoms with Crippen LogP contribution in [0.4, 0.5) is 9.52 Å². The quantitative estimate of drug-likeness (QED) is 0.222. The molecule has 1 atom stereocenters. The summed E-state index contributed by atoms with van der Waals surface area (Å²) in [7, 11) is 1.47. The van der Waals surface area contributed by atoms with E-state index in [2.05, 4.69) is 4.98 Å². The number of hydrogen-bond donors (Lipinski definition) is 1. The van der Waals surface area contributed by atoms with E-state index in [4.69, 9.17) is 9.47 Å². The molecule has 2 heterocycles. The Kier molecular flexibility index (Phi) is 6.89. The Bertz CT molecular complexity index is 1410. The van der Waals surface area contributed by atoms with E-state index in [0.29, 0.717) is 22.6 Å². The number of carbonyl (C=O) groups excluding carboxylic acids is 3. The number of esters is 1. The number of benzene rings is 2. The van der Waals surface area contributed by atoms with Gasteiger partial charge in [-0.1, -0.05) is 35.6 Å². The van der Waals surface area contributed by atoms with Gasteiger partial charge in [0, 0.05) is 5.56 Å². The molecule has 1 fully saturated rings. The zero-order chi connectivity index (χ0) is 26.1. The van der Waals surface area contributed by atoms with Crippen LogP contribution in [-0.2, 0) is 14.3 Å². The molecule has 0 spiro atoms. The van der Waals surface area contributed by atoms with Crippen molar-refractivity contribution in [2.45, 2.75) is 26.8 Å². The van der Waals surface area contributed by atoms with Crippen LogP contribution in [0.25, 0.3) is 5.76 Å². The predicted octanol–water partition coefficient (Wildman–Crippen LogP) is 4.71. The molecule has 10 heteroatoms. The number of hydrogen-bond acceptors (Lipinski definition) is 8. The van der Waals surface area contributed by atoms with E-state index < -0.39 is 35.3 Å². The highest BCUT2D eigenvalue weighted by atomic mass is 32.1. The van der Waals surface area contributed by atoms with Gasteiger partial charge >= 0.3 is 11.9 Å². The lowest BCUT2D eigenvalue weighted by Gasteiger charge is -2.23. The van der Waals surface area contributed by atoms with Crippen molar-refractivity contribution in [3.05, 3.63) is 81.1 Å². The van der Waals surface area contributed by atoms with Crippen LogP contribution < -0.4 is 9.64 Å². The third-order valence-corrected chi connectivity index (χ3v) is 6.89. The Hall–Kier alpha value is -4.05. The van der Waals surface area contributed by atoms with Crippen LogP contribution in [0.5, 0.6) is 5.75 Å². The van der Waals surface area contributed by atoms with Crippen molar-refractivity contribution in [3.63, 3.8) is 0 Å². The highest BCUT2D eigenvalue weighted by Gasteiger charge is 2.48. The van der Waals surface area contributed by atoms with E-state index in [1.165, 1.54) is 19.2 Å². The van der Waals surface area contributed by atoms with Crippen molar-refractivity contribution in [3.8, 4) is 5.75 Å². The molecule has 0 aliphatic carbocycles. The fourth-order valence-corrected chi connectivity index (χ4v) is 4.91. The SMILES string of the molecule is CCOC(=O)c1sc(N2C(=O)C(=O)C(=C(O)c3ccc(C)c(F)c3)[C@H]2c2cccc(OC)c2)nc1C. The molecule has 2 aromatic carbocycles. The molecule has 1 aliphatic heterocycles. The summed E-state index contributed by atoms with van der Waals surface area (Å²) in [6, 6.07) is 9.60. The number of carbonyl (C=O) groups is 3. The standard InChI is InChI=1S/C26H23FN2O6S/c1-5-35-25(33)23-14(3)28-26(36-23)29-20(15-7-6-8-17(11-15)34-4)19(22(31)24(29)32)21(30)16-10-9-13(2)18(27)12-16/h6-12,20,30H,5H2,1-4H3/t20-/m1/s1. The molecular formula is C26H23FN2O6S. The van der Waals surface area contributed by atoms with Crippen LogP contribution in [0.1, 0.15) is 45.0 Å². The highest BCUT2D eigenvalue weighted by molar-refractivity contribution is 7.17. The van der Waals surface area contributed by atoms with Crippen LogP contribution in [0.2, 0.25) is 0 Å². The number of aliphatic hydroxyl groups is 1. The lowest BCUT2D eigenvalue weighted by Crippen LogP contribution is -2.29. The number of nitrogens with zero attached hydrogens (tertiary/aromatic N) is 2. The second-order valence-corrected chi connectivity index (χ2v) is 9.02. The Morgan fingerprint density at radius 3 is 2.61 bits per heavy atom. The lowest BCUT2D eigenvalue weighted by molar-refractivity contribution is -0.132. The van der Waals surface area contributed by atoms with Crippen molar-refractivity contribution in [1.82, 2.24) is 4.98 Å². The lowest BCUT2D eigenvalue weighted by atomic mass is 9.95. The van der Waals surface area contributed by atoms with Gasteiger partial charge in [-0.2, -0.15) is 0 Å². The minimum absolute atomic E-state index is 0.0477. The molecule has 0 bridgehead atoms. The number of thiazole rings is 1. The van der Waals surface area contributed by atoms with Gasteiger partial charge in [-0.25, -0.2) is 14.2 Å². The topological polar surface area (TPSA) is 106 Å². The molecule has 1 amide bonds. The molecule has 1 N–H and O–H groups in total. The Morgan fingerprint density at radius 2 is 1.94 bits per heavy atom. The summed E-state index contributed by atoms with van der Waals surface area (Å²) in [5.74, 6) is -3.14. The van der Waals surface area contributed by atoms with Crippen molar-refractivity contribution < 1.29 is 33.4 Å². The van der Waals surface area contributed by atoms with E-state index in [9.17, 15) is 23.9 Å². The molecule has 1 aromatic heterocycles. The van der Waals surface area contributed by atoms with Crippen molar-refractivity contribution in [2.75, 3.05) is 18.6 Å². The normalized spacial score (nSPS) is 16.9. The maximum Gasteiger partial charge on any atom is 0.350 e. The first-order valence-corrected chi connectivity index (χ1v) is 11.9. The van der Waals surface area contributed by atoms with Crippen molar-refractivity contribution in [1.29, 1.82) is 0 Å². The number of Topliss-reactive ketones (excluding diaryl/α,β-unsaturated/α-hetero) is 1. The van der Waals surface area contributed by atoms with Crippen molar-refractivity contribution in [2.24, 2.45) is 0 Å². The van der Waals surface area contributed by atoms with E-state index in [0.717, 1.165) is 22.3 Å². The number of amides is 1. The number of ketones is 1. The molecule has 0 saturated carbocycles. The molecule has 36 heavy (non-hydrogen) atoms. The minimum atomic E-state index is -1.11. The molecule has 1 saturated heterocycles. The molecule has 0 unspecified atom stereocenters. The zero-order valence-corrected chi connectivity index (χ0v) is 20.8. The average molecular weight is 511 g/mol. The summed E-state index contributed by atoms with van der Waals surface area (Å²) in [5, 5.41) is 11.2. The molecule has 8 nitrogen and oxygen atoms in total. The second-order valence-electron chi connectivity index (χ2n) is 8.04. The van der Waals surface area contributed by atoms with Crippen LogP contribution in [-0.4, -0.2) is 41.5 Å². The smallest absolute Gasteiger partial charge is 0.350 e. The number of aromatic nitrogens is 1. The first kappa shape index (κ1) is 25.1. The van der Waals surface area contributed by atoms with Crippen LogP contribution >= 0.6 is 11.3 Å². The molecule has 3 aromatic rings. The van der Waals surface area contributed by atoms with Crippen molar-refractivity contribution >= 4 is 39.9 Å². The molecule has 0 radical (unpaired) electrons. The van der Waals surface area contributed by atoms with Gasteiger partial charge in [0.1, 0.15) is 22.2 Å². The molecule has 4 rings (SSSR count). The molecular weight excluding hydrogens is 487 g/mol. The monoisotopic (exact) mass is 510 g/mol.